The van der Waals surface area contributed by atoms with E-state index in [0.29, 0.717) is 10.0 Å². The third-order valence-electron chi connectivity index (χ3n) is 1.98. The minimum Gasteiger partial charge on any atom is -0.465 e. The first-order valence-electron chi connectivity index (χ1n) is 4.38. The normalized spacial score (nSPS) is 10.4. The standard InChI is InChI=1S/C9H8ClN3O2S/c1-5-11-3-4-13(5)9-12-7(10)6(16-9)8(14)15-2/h3-4H,1-2H3. The molecule has 0 aliphatic rings. The molecule has 84 valence electrons. The second kappa shape index (κ2) is 4.23. The van der Waals surface area contributed by atoms with E-state index in [1.807, 2.05) is 6.92 Å². The van der Waals surface area contributed by atoms with Gasteiger partial charge < -0.3 is 4.74 Å². The molecule has 0 amide bonds. The molecule has 0 saturated heterocycles. The van der Waals surface area contributed by atoms with Gasteiger partial charge in [-0.2, -0.15) is 0 Å². The second-order valence-corrected chi connectivity index (χ2v) is 4.29. The Labute approximate surface area is 101 Å². The molecule has 2 aromatic heterocycles. The molecule has 0 aliphatic heterocycles. The van der Waals surface area contributed by atoms with E-state index < -0.39 is 5.97 Å². The maximum Gasteiger partial charge on any atom is 0.351 e. The zero-order valence-electron chi connectivity index (χ0n) is 8.60. The van der Waals surface area contributed by atoms with E-state index in [2.05, 4.69) is 14.7 Å². The minimum absolute atomic E-state index is 0.153. The largest absolute Gasteiger partial charge is 0.465 e. The van der Waals surface area contributed by atoms with E-state index in [9.17, 15) is 4.79 Å². The van der Waals surface area contributed by atoms with Crippen LogP contribution >= 0.6 is 22.9 Å². The van der Waals surface area contributed by atoms with E-state index in [-0.39, 0.29) is 5.15 Å². The van der Waals surface area contributed by atoms with Crippen LogP contribution < -0.4 is 0 Å². The number of methoxy groups -OCH3 is 1. The van der Waals surface area contributed by atoms with Crippen LogP contribution in [-0.4, -0.2) is 27.6 Å². The lowest BCUT2D eigenvalue weighted by Crippen LogP contribution is -1.98. The summed E-state index contributed by atoms with van der Waals surface area (Å²) in [6.45, 7) is 1.84. The topological polar surface area (TPSA) is 57.0 Å². The summed E-state index contributed by atoms with van der Waals surface area (Å²) in [5.74, 6) is 0.299. The number of hydrogen-bond donors (Lipinski definition) is 0. The SMILES string of the molecule is COC(=O)c1sc(-n2ccnc2C)nc1Cl. The number of carbonyl (C=O) groups excluding carboxylic acids is 1. The molecular weight excluding hydrogens is 250 g/mol. The van der Waals surface area contributed by atoms with Gasteiger partial charge in [-0.3, -0.25) is 4.57 Å². The number of aromatic nitrogens is 3. The van der Waals surface area contributed by atoms with Gasteiger partial charge in [0.2, 0.25) is 0 Å². The molecule has 0 atom stereocenters. The highest BCUT2D eigenvalue weighted by molar-refractivity contribution is 7.16. The third kappa shape index (κ3) is 1.81. The van der Waals surface area contributed by atoms with Crippen molar-refractivity contribution in [2.24, 2.45) is 0 Å². The van der Waals surface area contributed by atoms with E-state index in [0.717, 1.165) is 5.82 Å². The van der Waals surface area contributed by atoms with Crippen molar-refractivity contribution in [2.45, 2.75) is 6.92 Å². The summed E-state index contributed by atoms with van der Waals surface area (Å²) in [6, 6.07) is 0. The predicted molar refractivity (Wildman–Crippen MR) is 60.3 cm³/mol. The molecule has 0 aromatic carbocycles. The number of halogens is 1. The number of hydrogen-bond acceptors (Lipinski definition) is 5. The lowest BCUT2D eigenvalue weighted by Gasteiger charge is -1.97. The molecule has 2 aromatic rings. The summed E-state index contributed by atoms with van der Waals surface area (Å²) in [5.41, 5.74) is 0. The Hall–Kier alpha value is -1.40. The van der Waals surface area contributed by atoms with Crippen LogP contribution in [0.3, 0.4) is 0 Å². The van der Waals surface area contributed by atoms with Gasteiger partial charge in [-0.05, 0) is 6.92 Å². The van der Waals surface area contributed by atoms with Crippen LogP contribution in [0.2, 0.25) is 5.15 Å². The lowest BCUT2D eigenvalue weighted by atomic mass is 10.6. The zero-order valence-corrected chi connectivity index (χ0v) is 10.2. The minimum atomic E-state index is -0.480. The van der Waals surface area contributed by atoms with E-state index in [1.54, 1.807) is 17.0 Å². The summed E-state index contributed by atoms with van der Waals surface area (Å²) in [4.78, 5) is 19.8. The molecule has 2 rings (SSSR count). The Bertz CT molecular complexity index is 535. The van der Waals surface area contributed by atoms with Crippen molar-refractivity contribution in [3.63, 3.8) is 0 Å². The number of aryl methyl sites for hydroxylation is 1. The Morgan fingerprint density at radius 2 is 2.38 bits per heavy atom. The molecule has 5 nitrogen and oxygen atoms in total. The number of thiazole rings is 1. The highest BCUT2D eigenvalue weighted by Crippen LogP contribution is 2.26. The van der Waals surface area contributed by atoms with E-state index in [1.165, 1.54) is 18.4 Å². The first kappa shape index (κ1) is 11.1. The molecule has 0 bridgehead atoms. The summed E-state index contributed by atoms with van der Waals surface area (Å²) in [6.07, 6.45) is 3.41. The quantitative estimate of drug-likeness (QED) is 0.773. The van der Waals surface area contributed by atoms with Gasteiger partial charge in [0.25, 0.3) is 0 Å². The molecule has 0 spiro atoms. The van der Waals surface area contributed by atoms with Gasteiger partial charge in [-0.1, -0.05) is 22.9 Å². The molecule has 0 radical (unpaired) electrons. The maximum absolute atomic E-state index is 11.3. The average molecular weight is 258 g/mol. The Balaban J connectivity index is 2.46. The number of esters is 1. The number of carbonyl (C=O) groups is 1. The van der Waals surface area contributed by atoms with E-state index in [4.69, 9.17) is 11.6 Å². The van der Waals surface area contributed by atoms with Gasteiger partial charge in [0.15, 0.2) is 15.2 Å². The van der Waals surface area contributed by atoms with Gasteiger partial charge in [0, 0.05) is 12.4 Å². The molecule has 16 heavy (non-hydrogen) atoms. The molecule has 2 heterocycles. The van der Waals surface area contributed by atoms with Gasteiger partial charge in [-0.15, -0.1) is 0 Å². The molecule has 0 saturated carbocycles. The summed E-state index contributed by atoms with van der Waals surface area (Å²) >= 11 is 7.02. The predicted octanol–water partition coefficient (Wildman–Crippen LogP) is 2.08. The van der Waals surface area contributed by atoms with Crippen LogP contribution in [-0.2, 0) is 4.74 Å². The lowest BCUT2D eigenvalue weighted by molar-refractivity contribution is 0.0606. The van der Waals surface area contributed by atoms with Crippen molar-refractivity contribution >= 4 is 28.9 Å². The van der Waals surface area contributed by atoms with E-state index >= 15 is 0 Å². The van der Waals surface area contributed by atoms with Gasteiger partial charge >= 0.3 is 5.97 Å². The highest BCUT2D eigenvalue weighted by Gasteiger charge is 2.18. The number of imidazole rings is 1. The molecule has 0 fully saturated rings. The summed E-state index contributed by atoms with van der Waals surface area (Å²) in [7, 11) is 1.31. The Morgan fingerprint density at radius 1 is 1.62 bits per heavy atom. The van der Waals surface area contributed by atoms with Crippen LogP contribution in [0.4, 0.5) is 0 Å². The van der Waals surface area contributed by atoms with Crippen molar-refractivity contribution in [2.75, 3.05) is 7.11 Å². The van der Waals surface area contributed by atoms with Crippen molar-refractivity contribution < 1.29 is 9.53 Å². The summed E-state index contributed by atoms with van der Waals surface area (Å²) in [5, 5.41) is 0.750. The van der Waals surface area contributed by atoms with Gasteiger partial charge in [-0.25, -0.2) is 14.8 Å². The zero-order chi connectivity index (χ0) is 11.7. The summed E-state index contributed by atoms with van der Waals surface area (Å²) < 4.78 is 6.35. The van der Waals surface area contributed by atoms with Crippen molar-refractivity contribution in [1.29, 1.82) is 0 Å². The first-order chi connectivity index (χ1) is 7.63. The van der Waals surface area contributed by atoms with Crippen molar-refractivity contribution in [3.8, 4) is 5.13 Å². The first-order valence-corrected chi connectivity index (χ1v) is 5.58. The fraction of sp³-hybridized carbons (Fsp3) is 0.222. The monoisotopic (exact) mass is 257 g/mol. The smallest absolute Gasteiger partial charge is 0.351 e. The Morgan fingerprint density at radius 3 is 2.94 bits per heavy atom. The van der Waals surface area contributed by atoms with Crippen LogP contribution in [0.25, 0.3) is 5.13 Å². The molecular formula is C9H8ClN3O2S. The van der Waals surface area contributed by atoms with Crippen molar-refractivity contribution in [1.82, 2.24) is 14.5 Å². The molecule has 0 unspecified atom stereocenters. The number of ether oxygens (including phenoxy) is 1. The highest BCUT2D eigenvalue weighted by atomic mass is 35.5. The molecule has 0 N–H and O–H groups in total. The van der Waals surface area contributed by atoms with Gasteiger partial charge in [0.05, 0.1) is 7.11 Å². The van der Waals surface area contributed by atoms with Crippen LogP contribution in [0.15, 0.2) is 12.4 Å². The van der Waals surface area contributed by atoms with Crippen LogP contribution in [0.5, 0.6) is 0 Å². The average Bonchev–Trinajstić information content (AvgIpc) is 2.83. The maximum atomic E-state index is 11.3. The molecule has 7 heteroatoms. The van der Waals surface area contributed by atoms with Crippen LogP contribution in [0, 0.1) is 6.92 Å². The van der Waals surface area contributed by atoms with Gasteiger partial charge in [0.1, 0.15) is 5.82 Å². The van der Waals surface area contributed by atoms with Crippen LogP contribution in [0.1, 0.15) is 15.5 Å². The van der Waals surface area contributed by atoms with Crippen molar-refractivity contribution in [3.05, 3.63) is 28.2 Å². The fourth-order valence-corrected chi connectivity index (χ4v) is 2.42. The third-order valence-corrected chi connectivity index (χ3v) is 3.40. The molecule has 0 aliphatic carbocycles. The fourth-order valence-electron chi connectivity index (χ4n) is 1.19. The second-order valence-electron chi connectivity index (χ2n) is 2.95. The Kier molecular flexibility index (Phi) is 2.93. The number of nitrogens with zero attached hydrogens (tertiary/aromatic N) is 3. The number of rotatable bonds is 2.